The normalized spacial score (nSPS) is 19.6. The van der Waals surface area contributed by atoms with Crippen LogP contribution in [-0.4, -0.2) is 34.5 Å². The summed E-state index contributed by atoms with van der Waals surface area (Å²) in [4.78, 5) is 35.2. The van der Waals surface area contributed by atoms with Crippen LogP contribution >= 0.6 is 0 Å². The Balaban J connectivity index is 2.66. The van der Waals surface area contributed by atoms with Gasteiger partial charge in [-0.2, -0.15) is 0 Å². The van der Waals surface area contributed by atoms with E-state index < -0.39 is 28.9 Å². The summed E-state index contributed by atoms with van der Waals surface area (Å²) in [5.74, 6) is -1.79. The lowest BCUT2D eigenvalue weighted by Crippen LogP contribution is -2.59. The van der Waals surface area contributed by atoms with Gasteiger partial charge in [0.05, 0.1) is 0 Å². The number of carbonyl (C=O) groups is 3. The van der Waals surface area contributed by atoms with Gasteiger partial charge in [0.2, 0.25) is 11.8 Å². The zero-order chi connectivity index (χ0) is 15.7. The lowest BCUT2D eigenvalue weighted by molar-refractivity contribution is -0.148. The van der Waals surface area contributed by atoms with Gasteiger partial charge in [0.15, 0.2) is 0 Å². The van der Waals surface area contributed by atoms with Gasteiger partial charge in [0, 0.05) is 5.41 Å². The number of hydrogen-bond donors (Lipinski definition) is 3. The second-order valence-corrected chi connectivity index (χ2v) is 6.72. The van der Waals surface area contributed by atoms with Crippen LogP contribution in [-0.2, 0) is 14.4 Å². The maximum Gasteiger partial charge on any atom is 0.329 e. The highest BCUT2D eigenvalue weighted by Gasteiger charge is 2.49. The molecule has 114 valence electrons. The average molecular weight is 284 g/mol. The van der Waals surface area contributed by atoms with Crippen molar-refractivity contribution in [3.63, 3.8) is 0 Å². The van der Waals surface area contributed by atoms with Crippen LogP contribution in [0.5, 0.6) is 0 Å². The van der Waals surface area contributed by atoms with E-state index in [9.17, 15) is 19.5 Å². The summed E-state index contributed by atoms with van der Waals surface area (Å²) in [7, 11) is 0. The van der Waals surface area contributed by atoms with E-state index in [-0.39, 0.29) is 11.8 Å². The summed E-state index contributed by atoms with van der Waals surface area (Å²) in [5.41, 5.74) is -1.85. The minimum atomic E-state index is -1.25. The third kappa shape index (κ3) is 3.71. The van der Waals surface area contributed by atoms with Crippen LogP contribution in [0, 0.1) is 11.3 Å². The van der Waals surface area contributed by atoms with E-state index >= 15 is 0 Å². The molecule has 20 heavy (non-hydrogen) atoms. The van der Waals surface area contributed by atoms with E-state index in [1.165, 1.54) is 6.92 Å². The highest BCUT2D eigenvalue weighted by molar-refractivity contribution is 5.93. The van der Waals surface area contributed by atoms with Gasteiger partial charge >= 0.3 is 5.97 Å². The van der Waals surface area contributed by atoms with Crippen molar-refractivity contribution in [1.82, 2.24) is 10.6 Å². The van der Waals surface area contributed by atoms with Crippen molar-refractivity contribution in [2.24, 2.45) is 11.3 Å². The molecule has 2 atom stereocenters. The first-order valence-electron chi connectivity index (χ1n) is 6.85. The molecule has 0 aromatic heterocycles. The van der Waals surface area contributed by atoms with Gasteiger partial charge in [-0.25, -0.2) is 4.79 Å². The Morgan fingerprint density at radius 2 is 1.65 bits per heavy atom. The number of carbonyl (C=O) groups excluding carboxylic acids is 2. The van der Waals surface area contributed by atoms with E-state index in [0.29, 0.717) is 0 Å². The number of nitrogens with one attached hydrogen (secondary N) is 2. The number of carboxylic acid groups (broad SMARTS) is 1. The van der Waals surface area contributed by atoms with Crippen molar-refractivity contribution in [3.8, 4) is 0 Å². The monoisotopic (exact) mass is 284 g/mol. The van der Waals surface area contributed by atoms with Gasteiger partial charge in [-0.05, 0) is 32.6 Å². The smallest absolute Gasteiger partial charge is 0.329 e. The summed E-state index contributed by atoms with van der Waals surface area (Å²) in [6.45, 7) is 8.31. The maximum absolute atomic E-state index is 12.1. The van der Waals surface area contributed by atoms with Crippen LogP contribution in [0.4, 0.5) is 0 Å². The molecular weight excluding hydrogens is 260 g/mol. The summed E-state index contributed by atoms with van der Waals surface area (Å²) in [5, 5.41) is 14.4. The molecule has 0 bridgehead atoms. The Morgan fingerprint density at radius 1 is 1.15 bits per heavy atom. The van der Waals surface area contributed by atoms with Crippen molar-refractivity contribution in [1.29, 1.82) is 0 Å². The van der Waals surface area contributed by atoms with Crippen LogP contribution < -0.4 is 10.6 Å². The average Bonchev–Trinajstić information content (AvgIpc) is 3.10. The van der Waals surface area contributed by atoms with Crippen LogP contribution in [0.15, 0.2) is 0 Å². The fourth-order valence-corrected chi connectivity index (χ4v) is 1.83. The SMILES string of the molecule is CC(NC(=O)C(C)(C)C)C(=O)NC(C)(C(=O)O)C1CC1. The van der Waals surface area contributed by atoms with Gasteiger partial charge in [0.25, 0.3) is 0 Å². The first-order valence-corrected chi connectivity index (χ1v) is 6.85. The highest BCUT2D eigenvalue weighted by atomic mass is 16.4. The number of amides is 2. The van der Waals surface area contributed by atoms with Crippen molar-refractivity contribution < 1.29 is 19.5 Å². The van der Waals surface area contributed by atoms with Crippen LogP contribution in [0.3, 0.4) is 0 Å². The van der Waals surface area contributed by atoms with Crippen molar-refractivity contribution >= 4 is 17.8 Å². The van der Waals surface area contributed by atoms with Crippen molar-refractivity contribution in [2.75, 3.05) is 0 Å². The minimum absolute atomic E-state index is 0.0329. The molecule has 3 N–H and O–H groups in total. The van der Waals surface area contributed by atoms with E-state index in [1.54, 1.807) is 27.7 Å². The molecule has 1 fully saturated rings. The molecule has 1 rings (SSSR count). The number of rotatable bonds is 5. The molecule has 1 aliphatic rings. The first kappa shape index (κ1) is 16.5. The Morgan fingerprint density at radius 3 is 2.00 bits per heavy atom. The second-order valence-electron chi connectivity index (χ2n) is 6.72. The van der Waals surface area contributed by atoms with Crippen LogP contribution in [0.1, 0.15) is 47.5 Å². The molecule has 2 amide bonds. The molecule has 0 radical (unpaired) electrons. The summed E-state index contributed by atoms with van der Waals surface area (Å²) in [6, 6.07) is -0.765. The molecule has 6 heteroatoms. The Labute approximate surface area is 119 Å². The Kier molecular flexibility index (Phi) is 4.46. The van der Waals surface area contributed by atoms with E-state index in [2.05, 4.69) is 10.6 Å². The topological polar surface area (TPSA) is 95.5 Å². The number of carboxylic acids is 1. The van der Waals surface area contributed by atoms with E-state index in [0.717, 1.165) is 12.8 Å². The summed E-state index contributed by atoms with van der Waals surface area (Å²) < 4.78 is 0. The molecule has 0 aromatic rings. The van der Waals surface area contributed by atoms with Gasteiger partial charge in [-0.15, -0.1) is 0 Å². The standard InChI is InChI=1S/C14H24N2O4/c1-8(15-11(18)13(2,3)4)10(17)16-14(5,12(19)20)9-6-7-9/h8-9H,6-7H2,1-5H3,(H,15,18)(H,16,17)(H,19,20). The lowest BCUT2D eigenvalue weighted by Gasteiger charge is -2.29. The molecule has 1 aliphatic carbocycles. The van der Waals surface area contributed by atoms with E-state index in [1.807, 2.05) is 0 Å². The molecular formula is C14H24N2O4. The van der Waals surface area contributed by atoms with Crippen LogP contribution in [0.2, 0.25) is 0 Å². The molecule has 2 unspecified atom stereocenters. The van der Waals surface area contributed by atoms with Crippen LogP contribution in [0.25, 0.3) is 0 Å². The predicted molar refractivity (Wildman–Crippen MR) is 74.0 cm³/mol. The number of hydrogen-bond acceptors (Lipinski definition) is 3. The van der Waals surface area contributed by atoms with Gasteiger partial charge < -0.3 is 15.7 Å². The molecule has 0 spiro atoms. The molecule has 6 nitrogen and oxygen atoms in total. The van der Waals surface area contributed by atoms with E-state index in [4.69, 9.17) is 0 Å². The molecule has 0 aromatic carbocycles. The first-order chi connectivity index (χ1) is 8.98. The fraction of sp³-hybridized carbons (Fsp3) is 0.786. The largest absolute Gasteiger partial charge is 0.480 e. The molecule has 1 saturated carbocycles. The van der Waals surface area contributed by atoms with Gasteiger partial charge in [0.1, 0.15) is 11.6 Å². The maximum atomic E-state index is 12.1. The quantitative estimate of drug-likeness (QED) is 0.699. The van der Waals surface area contributed by atoms with Crippen molar-refractivity contribution in [2.45, 2.75) is 59.0 Å². The summed E-state index contributed by atoms with van der Waals surface area (Å²) in [6.07, 6.45) is 1.59. The molecule has 0 aliphatic heterocycles. The third-order valence-electron chi connectivity index (χ3n) is 3.64. The Hall–Kier alpha value is -1.59. The second kappa shape index (κ2) is 5.42. The predicted octanol–water partition coefficient (Wildman–Crippen LogP) is 0.907. The minimum Gasteiger partial charge on any atom is -0.480 e. The van der Waals surface area contributed by atoms with Gasteiger partial charge in [-0.1, -0.05) is 20.8 Å². The third-order valence-corrected chi connectivity index (χ3v) is 3.64. The fourth-order valence-electron chi connectivity index (χ4n) is 1.83. The summed E-state index contributed by atoms with van der Waals surface area (Å²) >= 11 is 0. The zero-order valence-corrected chi connectivity index (χ0v) is 12.7. The van der Waals surface area contributed by atoms with Crippen molar-refractivity contribution in [3.05, 3.63) is 0 Å². The Bertz CT molecular complexity index is 423. The lowest BCUT2D eigenvalue weighted by atomic mass is 9.94. The molecule has 0 saturated heterocycles. The highest BCUT2D eigenvalue weighted by Crippen LogP contribution is 2.39. The zero-order valence-electron chi connectivity index (χ0n) is 12.7. The van der Waals surface area contributed by atoms with Gasteiger partial charge in [-0.3, -0.25) is 9.59 Å². The molecule has 0 heterocycles. The number of aliphatic carboxylic acids is 1.